The standard InChI is InChI=1S/C11H13Cl2NOS/c12-9-3-2-8(6-10(9)13)11-7-16(15)5-1-4-14-11/h2-3,6,11,14H,1,4-5,7H2. The Hall–Kier alpha value is -0.0900. The van der Waals surface area contributed by atoms with Crippen LogP contribution in [0.25, 0.3) is 0 Å². The fourth-order valence-electron chi connectivity index (χ4n) is 1.78. The highest BCUT2D eigenvalue weighted by Gasteiger charge is 2.18. The van der Waals surface area contributed by atoms with E-state index in [4.69, 9.17) is 23.2 Å². The third kappa shape index (κ3) is 2.98. The minimum atomic E-state index is -0.739. The fraction of sp³-hybridized carbons (Fsp3) is 0.455. The van der Waals surface area contributed by atoms with Gasteiger partial charge in [-0.15, -0.1) is 0 Å². The largest absolute Gasteiger partial charge is 0.309 e. The molecule has 2 unspecified atom stereocenters. The number of hydrogen-bond donors (Lipinski definition) is 1. The van der Waals surface area contributed by atoms with Gasteiger partial charge >= 0.3 is 0 Å². The van der Waals surface area contributed by atoms with Crippen molar-refractivity contribution in [2.45, 2.75) is 12.5 Å². The minimum absolute atomic E-state index is 0.123. The topological polar surface area (TPSA) is 29.1 Å². The van der Waals surface area contributed by atoms with E-state index in [1.807, 2.05) is 12.1 Å². The average Bonchev–Trinajstić information content (AvgIpc) is 2.47. The summed E-state index contributed by atoms with van der Waals surface area (Å²) in [6.45, 7) is 0.899. The zero-order valence-corrected chi connectivity index (χ0v) is 11.0. The highest BCUT2D eigenvalue weighted by molar-refractivity contribution is 7.85. The van der Waals surface area contributed by atoms with Gasteiger partial charge in [0.05, 0.1) is 10.0 Å². The molecule has 1 fully saturated rings. The van der Waals surface area contributed by atoms with Crippen LogP contribution in [-0.2, 0) is 10.8 Å². The van der Waals surface area contributed by atoms with Gasteiger partial charge in [-0.3, -0.25) is 4.21 Å². The lowest BCUT2D eigenvalue weighted by atomic mass is 10.1. The molecule has 0 radical (unpaired) electrons. The fourth-order valence-corrected chi connectivity index (χ4v) is 3.40. The van der Waals surface area contributed by atoms with E-state index in [-0.39, 0.29) is 6.04 Å². The van der Waals surface area contributed by atoms with E-state index >= 15 is 0 Å². The Kier molecular flexibility index (Phi) is 4.25. The van der Waals surface area contributed by atoms with E-state index in [0.29, 0.717) is 15.8 Å². The summed E-state index contributed by atoms with van der Waals surface area (Å²) in [5, 5.41) is 4.49. The summed E-state index contributed by atoms with van der Waals surface area (Å²) in [7, 11) is -0.739. The zero-order valence-electron chi connectivity index (χ0n) is 8.71. The summed E-state index contributed by atoms with van der Waals surface area (Å²) in [5.74, 6) is 1.43. The first kappa shape index (κ1) is 12.4. The van der Waals surface area contributed by atoms with Crippen LogP contribution in [0.5, 0.6) is 0 Å². The van der Waals surface area contributed by atoms with Crippen molar-refractivity contribution in [3.63, 3.8) is 0 Å². The zero-order chi connectivity index (χ0) is 11.5. The van der Waals surface area contributed by atoms with E-state index in [1.54, 1.807) is 6.07 Å². The van der Waals surface area contributed by atoms with Crippen LogP contribution in [0.2, 0.25) is 10.0 Å². The molecule has 1 aromatic rings. The lowest BCUT2D eigenvalue weighted by Crippen LogP contribution is -2.23. The van der Waals surface area contributed by atoms with Crippen LogP contribution in [0.4, 0.5) is 0 Å². The highest BCUT2D eigenvalue weighted by atomic mass is 35.5. The van der Waals surface area contributed by atoms with Crippen molar-refractivity contribution in [2.75, 3.05) is 18.1 Å². The van der Waals surface area contributed by atoms with Crippen LogP contribution in [0.3, 0.4) is 0 Å². The summed E-state index contributed by atoms with van der Waals surface area (Å²) < 4.78 is 11.6. The Balaban J connectivity index is 2.21. The smallest absolute Gasteiger partial charge is 0.0595 e. The molecule has 5 heteroatoms. The molecule has 2 nitrogen and oxygen atoms in total. The Labute approximate surface area is 108 Å². The van der Waals surface area contributed by atoms with Crippen molar-refractivity contribution in [1.82, 2.24) is 5.32 Å². The molecule has 0 amide bonds. The second-order valence-corrected chi connectivity index (χ2v) is 6.28. The Morgan fingerprint density at radius 2 is 2.12 bits per heavy atom. The van der Waals surface area contributed by atoms with Gasteiger partial charge in [0.15, 0.2) is 0 Å². The molecule has 1 N–H and O–H groups in total. The molecule has 0 saturated carbocycles. The summed E-state index contributed by atoms with van der Waals surface area (Å²) in [6, 6.07) is 5.70. The Morgan fingerprint density at radius 3 is 2.88 bits per heavy atom. The van der Waals surface area contributed by atoms with Crippen LogP contribution >= 0.6 is 23.2 Å². The molecule has 1 aliphatic rings. The number of rotatable bonds is 1. The van der Waals surface area contributed by atoms with Gasteiger partial charge in [-0.2, -0.15) is 0 Å². The van der Waals surface area contributed by atoms with Gasteiger partial charge in [-0.05, 0) is 30.7 Å². The van der Waals surface area contributed by atoms with E-state index in [1.165, 1.54) is 0 Å². The van der Waals surface area contributed by atoms with Crippen LogP contribution in [0.1, 0.15) is 18.0 Å². The first-order chi connectivity index (χ1) is 7.66. The third-order valence-corrected chi connectivity index (χ3v) is 4.83. The van der Waals surface area contributed by atoms with Crippen LogP contribution in [0.15, 0.2) is 18.2 Å². The van der Waals surface area contributed by atoms with Crippen molar-refractivity contribution in [1.29, 1.82) is 0 Å². The van der Waals surface area contributed by atoms with Gasteiger partial charge in [0.2, 0.25) is 0 Å². The molecule has 0 aromatic heterocycles. The predicted molar refractivity (Wildman–Crippen MR) is 69.7 cm³/mol. The van der Waals surface area contributed by atoms with Crippen molar-refractivity contribution in [3.05, 3.63) is 33.8 Å². The molecule has 16 heavy (non-hydrogen) atoms. The van der Waals surface area contributed by atoms with E-state index in [9.17, 15) is 4.21 Å². The van der Waals surface area contributed by atoms with Crippen LogP contribution < -0.4 is 5.32 Å². The van der Waals surface area contributed by atoms with E-state index < -0.39 is 10.8 Å². The molecule has 2 rings (SSSR count). The van der Waals surface area contributed by atoms with Gasteiger partial charge in [0.1, 0.15) is 0 Å². The Morgan fingerprint density at radius 1 is 1.31 bits per heavy atom. The summed E-state index contributed by atoms with van der Waals surface area (Å²) in [5.41, 5.74) is 1.06. The molecule has 0 spiro atoms. The van der Waals surface area contributed by atoms with Crippen molar-refractivity contribution >= 4 is 34.0 Å². The predicted octanol–water partition coefficient (Wildman–Crippen LogP) is 2.78. The molecular weight excluding hydrogens is 265 g/mol. The lowest BCUT2D eigenvalue weighted by Gasteiger charge is -2.16. The second kappa shape index (κ2) is 5.50. The molecule has 0 aliphatic carbocycles. The summed E-state index contributed by atoms with van der Waals surface area (Å²) in [6.07, 6.45) is 0.963. The van der Waals surface area contributed by atoms with Crippen molar-refractivity contribution in [2.24, 2.45) is 0 Å². The quantitative estimate of drug-likeness (QED) is 0.855. The van der Waals surface area contributed by atoms with Crippen molar-refractivity contribution in [3.8, 4) is 0 Å². The van der Waals surface area contributed by atoms with E-state index in [2.05, 4.69) is 5.32 Å². The number of benzene rings is 1. The Bertz CT molecular complexity index is 411. The molecule has 1 saturated heterocycles. The van der Waals surface area contributed by atoms with Crippen LogP contribution in [0, 0.1) is 0 Å². The number of halogens is 2. The van der Waals surface area contributed by atoms with Gasteiger partial charge in [0, 0.05) is 28.3 Å². The molecule has 1 heterocycles. The second-order valence-electron chi connectivity index (χ2n) is 3.84. The van der Waals surface area contributed by atoms with Crippen molar-refractivity contribution < 1.29 is 4.21 Å². The maximum atomic E-state index is 11.6. The normalized spacial score (nSPS) is 26.4. The van der Waals surface area contributed by atoms with E-state index in [0.717, 1.165) is 24.3 Å². The maximum Gasteiger partial charge on any atom is 0.0595 e. The molecular formula is C11H13Cl2NOS. The first-order valence-corrected chi connectivity index (χ1v) is 7.44. The van der Waals surface area contributed by atoms with Gasteiger partial charge < -0.3 is 5.32 Å². The maximum absolute atomic E-state index is 11.6. The average molecular weight is 278 g/mol. The van der Waals surface area contributed by atoms with Gasteiger partial charge in [-0.1, -0.05) is 29.3 Å². The SMILES string of the molecule is O=S1CCCNC(c2ccc(Cl)c(Cl)c2)C1. The first-order valence-electron chi connectivity index (χ1n) is 5.20. The molecule has 2 atom stereocenters. The summed E-state index contributed by atoms with van der Waals surface area (Å²) >= 11 is 11.8. The highest BCUT2D eigenvalue weighted by Crippen LogP contribution is 2.26. The monoisotopic (exact) mass is 277 g/mol. The number of hydrogen-bond acceptors (Lipinski definition) is 2. The summed E-state index contributed by atoms with van der Waals surface area (Å²) in [4.78, 5) is 0. The third-order valence-electron chi connectivity index (χ3n) is 2.64. The van der Waals surface area contributed by atoms with Crippen LogP contribution in [-0.4, -0.2) is 22.3 Å². The molecule has 1 aromatic carbocycles. The number of nitrogens with one attached hydrogen (secondary N) is 1. The molecule has 88 valence electrons. The van der Waals surface area contributed by atoms with Gasteiger partial charge in [0.25, 0.3) is 0 Å². The minimum Gasteiger partial charge on any atom is -0.309 e. The molecule has 0 bridgehead atoms. The van der Waals surface area contributed by atoms with Gasteiger partial charge in [-0.25, -0.2) is 0 Å². The molecule has 1 aliphatic heterocycles. The lowest BCUT2D eigenvalue weighted by molar-refractivity contribution is 0.587.